The molecular weight excluding hydrogens is 424 g/mol. The monoisotopic (exact) mass is 438 g/mol. The van der Waals surface area contributed by atoms with Crippen LogP contribution in [-0.2, 0) is 6.54 Å². The van der Waals surface area contributed by atoms with Gasteiger partial charge in [-0.05, 0) is 33.6 Å². The molecule has 2 N–H and O–H groups in total. The van der Waals surface area contributed by atoms with Gasteiger partial charge in [-0.1, -0.05) is 59.9 Å². The fourth-order valence-electron chi connectivity index (χ4n) is 2.67. The first kappa shape index (κ1) is 17.6. The predicted molar refractivity (Wildman–Crippen MR) is 112 cm³/mol. The maximum absolute atomic E-state index is 12.5. The molecule has 4 rings (SSSR count). The number of hydrogen-bond acceptors (Lipinski definition) is 5. The Balaban J connectivity index is 1.52. The van der Waals surface area contributed by atoms with E-state index in [1.807, 2.05) is 60.7 Å². The second-order valence-corrected chi connectivity index (χ2v) is 7.56. The highest BCUT2D eigenvalue weighted by Crippen LogP contribution is 2.31. The van der Waals surface area contributed by atoms with Crippen LogP contribution in [0.5, 0.6) is 0 Å². The molecule has 2 heterocycles. The molecule has 134 valence electrons. The average molecular weight is 439 g/mol. The lowest BCUT2D eigenvalue weighted by Crippen LogP contribution is -2.22. The lowest BCUT2D eigenvalue weighted by Gasteiger charge is -2.06. The van der Waals surface area contributed by atoms with E-state index in [-0.39, 0.29) is 5.91 Å². The first-order valence-corrected chi connectivity index (χ1v) is 9.91. The van der Waals surface area contributed by atoms with Gasteiger partial charge in [-0.2, -0.15) is 0 Å². The third-order valence-electron chi connectivity index (χ3n) is 3.96. The van der Waals surface area contributed by atoms with Crippen LogP contribution in [0.2, 0.25) is 0 Å². The molecule has 0 radical (unpaired) electrons. The van der Waals surface area contributed by atoms with Crippen molar-refractivity contribution < 1.29 is 4.79 Å². The number of thiazole rings is 1. The van der Waals surface area contributed by atoms with E-state index in [1.54, 1.807) is 6.20 Å². The molecule has 0 unspecified atom stereocenters. The quantitative estimate of drug-likeness (QED) is 0.453. The number of hydrogen-bond donors (Lipinski definition) is 2. The van der Waals surface area contributed by atoms with Crippen molar-refractivity contribution in [3.63, 3.8) is 0 Å². The summed E-state index contributed by atoms with van der Waals surface area (Å²) in [5.41, 5.74) is 2.76. The second kappa shape index (κ2) is 7.85. The number of amides is 1. The van der Waals surface area contributed by atoms with Gasteiger partial charge in [0.25, 0.3) is 5.91 Å². The molecule has 5 nitrogen and oxygen atoms in total. The average Bonchev–Trinajstić information content (AvgIpc) is 3.07. The molecule has 0 spiro atoms. The number of benzene rings is 2. The Morgan fingerprint density at radius 2 is 1.85 bits per heavy atom. The zero-order valence-corrected chi connectivity index (χ0v) is 16.5. The zero-order valence-electron chi connectivity index (χ0n) is 14.1. The third-order valence-corrected chi connectivity index (χ3v) is 5.77. The summed E-state index contributed by atoms with van der Waals surface area (Å²) < 4.78 is 0.522. The number of carbonyl (C=O) groups is 1. The molecule has 0 aliphatic carbocycles. The summed E-state index contributed by atoms with van der Waals surface area (Å²) in [4.78, 5) is 21.9. The van der Waals surface area contributed by atoms with Gasteiger partial charge in [0.2, 0.25) is 0 Å². The fourth-order valence-corrected chi connectivity index (χ4v) is 4.18. The van der Waals surface area contributed by atoms with Crippen LogP contribution in [0, 0.1) is 0 Å². The van der Waals surface area contributed by atoms with E-state index in [0.717, 1.165) is 22.2 Å². The van der Waals surface area contributed by atoms with Crippen LogP contribution < -0.4 is 10.6 Å². The minimum Gasteiger partial charge on any atom is -0.347 e. The number of nitrogens with zero attached hydrogens (tertiary/aromatic N) is 2. The minimum absolute atomic E-state index is 0.160. The number of rotatable bonds is 5. The molecule has 0 aliphatic rings. The zero-order chi connectivity index (χ0) is 18.6. The van der Waals surface area contributed by atoms with Crippen LogP contribution in [0.25, 0.3) is 10.9 Å². The molecule has 27 heavy (non-hydrogen) atoms. The highest BCUT2D eigenvalue weighted by molar-refractivity contribution is 9.10. The summed E-state index contributed by atoms with van der Waals surface area (Å²) in [5, 5.41) is 7.87. The molecule has 0 bridgehead atoms. The van der Waals surface area contributed by atoms with Gasteiger partial charge in [0.05, 0.1) is 11.2 Å². The number of nitrogens with one attached hydrogen (secondary N) is 2. The standard InChI is InChI=1S/C20H15BrN4OS/c21-18-17(19(26)23-12-13-6-2-1-3-7-13)27-20(25-18)24-15-10-4-8-14-9-5-11-22-16(14)15/h1-11H,12H2,(H,23,26)(H,24,25). The largest absolute Gasteiger partial charge is 0.347 e. The maximum atomic E-state index is 12.5. The highest BCUT2D eigenvalue weighted by atomic mass is 79.9. The number of carbonyl (C=O) groups excluding carboxylic acids is 1. The van der Waals surface area contributed by atoms with Crippen molar-refractivity contribution in [2.45, 2.75) is 6.54 Å². The molecule has 0 aliphatic heterocycles. The van der Waals surface area contributed by atoms with Crippen molar-refractivity contribution >= 4 is 54.9 Å². The summed E-state index contributed by atoms with van der Waals surface area (Å²) in [6.45, 7) is 0.472. The summed E-state index contributed by atoms with van der Waals surface area (Å²) in [5.74, 6) is -0.160. The van der Waals surface area contributed by atoms with Crippen molar-refractivity contribution in [2.24, 2.45) is 0 Å². The van der Waals surface area contributed by atoms with Crippen LogP contribution in [0.4, 0.5) is 10.8 Å². The Kier molecular flexibility index (Phi) is 5.13. The fraction of sp³-hybridized carbons (Fsp3) is 0.0500. The number of aromatic nitrogens is 2. The van der Waals surface area contributed by atoms with Crippen molar-refractivity contribution in [3.05, 3.63) is 81.9 Å². The molecule has 0 fully saturated rings. The van der Waals surface area contributed by atoms with Gasteiger partial charge in [0, 0.05) is 18.1 Å². The minimum atomic E-state index is -0.160. The van der Waals surface area contributed by atoms with Gasteiger partial charge in [-0.3, -0.25) is 9.78 Å². The number of halogens is 1. The van der Waals surface area contributed by atoms with Crippen molar-refractivity contribution in [3.8, 4) is 0 Å². The number of anilines is 2. The number of pyridine rings is 1. The molecule has 0 atom stereocenters. The predicted octanol–water partition coefficient (Wildman–Crippen LogP) is 5.13. The smallest absolute Gasteiger partial charge is 0.264 e. The first-order chi connectivity index (χ1) is 13.2. The molecule has 7 heteroatoms. The van der Waals surface area contributed by atoms with Crippen molar-refractivity contribution in [1.29, 1.82) is 0 Å². The molecule has 0 saturated heterocycles. The van der Waals surface area contributed by atoms with E-state index < -0.39 is 0 Å². The lowest BCUT2D eigenvalue weighted by molar-refractivity contribution is 0.0954. The van der Waals surface area contributed by atoms with Gasteiger partial charge >= 0.3 is 0 Å². The van der Waals surface area contributed by atoms with Crippen LogP contribution in [-0.4, -0.2) is 15.9 Å². The van der Waals surface area contributed by atoms with Crippen LogP contribution in [0.15, 0.2) is 71.5 Å². The van der Waals surface area contributed by atoms with Gasteiger partial charge in [0.15, 0.2) is 5.13 Å². The highest BCUT2D eigenvalue weighted by Gasteiger charge is 2.17. The van der Waals surface area contributed by atoms with Crippen LogP contribution in [0.3, 0.4) is 0 Å². The van der Waals surface area contributed by atoms with Crippen molar-refractivity contribution in [2.75, 3.05) is 5.32 Å². The molecule has 1 amide bonds. The van der Waals surface area contributed by atoms with E-state index in [9.17, 15) is 4.79 Å². The van der Waals surface area contributed by atoms with Gasteiger partial charge in [0.1, 0.15) is 9.48 Å². The number of fused-ring (bicyclic) bond motifs is 1. The van der Waals surface area contributed by atoms with Crippen LogP contribution >= 0.6 is 27.3 Å². The van der Waals surface area contributed by atoms with Gasteiger partial charge < -0.3 is 10.6 Å². The number of para-hydroxylation sites is 1. The van der Waals surface area contributed by atoms with E-state index in [4.69, 9.17) is 0 Å². The Morgan fingerprint density at radius 3 is 2.70 bits per heavy atom. The summed E-state index contributed by atoms with van der Waals surface area (Å²) in [6, 6.07) is 19.6. The topological polar surface area (TPSA) is 66.9 Å². The molecule has 2 aromatic carbocycles. The summed E-state index contributed by atoms with van der Waals surface area (Å²) >= 11 is 4.69. The molecule has 2 aromatic heterocycles. The van der Waals surface area contributed by atoms with Crippen LogP contribution in [0.1, 0.15) is 15.2 Å². The van der Waals surface area contributed by atoms with E-state index in [0.29, 0.717) is 21.2 Å². The molecule has 4 aromatic rings. The Hall–Kier alpha value is -2.77. The van der Waals surface area contributed by atoms with Crippen molar-refractivity contribution in [1.82, 2.24) is 15.3 Å². The van der Waals surface area contributed by atoms with Gasteiger partial charge in [-0.15, -0.1) is 0 Å². The van der Waals surface area contributed by atoms with E-state index in [1.165, 1.54) is 11.3 Å². The molecular formula is C20H15BrN4OS. The Bertz CT molecular complexity index is 1090. The normalized spacial score (nSPS) is 10.7. The lowest BCUT2D eigenvalue weighted by atomic mass is 10.2. The third kappa shape index (κ3) is 3.99. The Labute approximate surface area is 168 Å². The molecule has 0 saturated carbocycles. The first-order valence-electron chi connectivity index (χ1n) is 8.30. The van der Waals surface area contributed by atoms with Gasteiger partial charge in [-0.25, -0.2) is 4.98 Å². The SMILES string of the molecule is O=C(NCc1ccccc1)c1sc(Nc2cccc3cccnc23)nc1Br. The maximum Gasteiger partial charge on any atom is 0.264 e. The van der Waals surface area contributed by atoms with E-state index in [2.05, 4.69) is 36.5 Å². The Morgan fingerprint density at radius 1 is 1.04 bits per heavy atom. The second-order valence-electron chi connectivity index (χ2n) is 5.81. The van der Waals surface area contributed by atoms with E-state index >= 15 is 0 Å². The summed E-state index contributed by atoms with van der Waals surface area (Å²) in [6.07, 6.45) is 1.76. The summed E-state index contributed by atoms with van der Waals surface area (Å²) in [7, 11) is 0.